The molecule has 3 amide bonds. The molecule has 0 aliphatic carbocycles. The van der Waals surface area contributed by atoms with Gasteiger partial charge in [-0.1, -0.05) is 48.5 Å². The highest BCUT2D eigenvalue weighted by Gasteiger charge is 2.18. The van der Waals surface area contributed by atoms with Crippen LogP contribution in [0.5, 0.6) is 0 Å². The number of nitrogens with zero attached hydrogens (tertiary/aromatic N) is 1. The SMILES string of the molecule is NC(=O)NNC(=O)c1ccccc1Cc1c2ccccc2c(=O)n2c1[nH]c1ccccc12. The number of aromatic nitrogens is 2. The summed E-state index contributed by atoms with van der Waals surface area (Å²) >= 11 is 0. The summed E-state index contributed by atoms with van der Waals surface area (Å²) in [6.45, 7) is 0. The van der Waals surface area contributed by atoms with Gasteiger partial charge in [-0.05, 0) is 35.2 Å². The summed E-state index contributed by atoms with van der Waals surface area (Å²) in [5.74, 6) is -0.482. The zero-order valence-corrected chi connectivity index (χ0v) is 16.9. The molecule has 0 unspecified atom stereocenters. The topological polar surface area (TPSA) is 121 Å². The van der Waals surface area contributed by atoms with Gasteiger partial charge in [0.2, 0.25) is 0 Å². The molecule has 0 aliphatic rings. The molecule has 0 atom stereocenters. The maximum absolute atomic E-state index is 13.3. The Hall–Kier alpha value is -4.59. The minimum Gasteiger partial charge on any atom is -0.350 e. The van der Waals surface area contributed by atoms with Gasteiger partial charge in [0, 0.05) is 22.9 Å². The van der Waals surface area contributed by atoms with Crippen molar-refractivity contribution in [1.82, 2.24) is 20.2 Å². The summed E-state index contributed by atoms with van der Waals surface area (Å²) in [7, 11) is 0. The second-order valence-corrected chi connectivity index (χ2v) is 7.43. The molecule has 3 aromatic carbocycles. The lowest BCUT2D eigenvalue weighted by molar-refractivity contribution is 0.0936. The Morgan fingerprint density at radius 1 is 0.875 bits per heavy atom. The number of carbonyl (C=O) groups excluding carboxylic acids is 2. The number of nitrogens with two attached hydrogens (primary N) is 1. The van der Waals surface area contributed by atoms with Gasteiger partial charge in [-0.15, -0.1) is 0 Å². The molecule has 5 N–H and O–H groups in total. The predicted octanol–water partition coefficient (Wildman–Crippen LogP) is 2.84. The number of hydrogen-bond acceptors (Lipinski definition) is 3. The largest absolute Gasteiger partial charge is 0.350 e. The van der Waals surface area contributed by atoms with Gasteiger partial charge < -0.3 is 10.7 Å². The second kappa shape index (κ2) is 7.59. The van der Waals surface area contributed by atoms with E-state index in [1.165, 1.54) is 0 Å². The molecule has 2 heterocycles. The number of hydrazine groups is 1. The number of imidazole rings is 1. The van der Waals surface area contributed by atoms with Crippen LogP contribution < -0.4 is 22.1 Å². The zero-order valence-electron chi connectivity index (χ0n) is 16.9. The molecule has 5 rings (SSSR count). The van der Waals surface area contributed by atoms with Gasteiger partial charge in [-0.2, -0.15) is 0 Å². The van der Waals surface area contributed by atoms with Gasteiger partial charge in [-0.25, -0.2) is 10.2 Å². The van der Waals surface area contributed by atoms with Crippen molar-refractivity contribution < 1.29 is 9.59 Å². The summed E-state index contributed by atoms with van der Waals surface area (Å²) in [5.41, 5.74) is 13.7. The van der Waals surface area contributed by atoms with E-state index in [4.69, 9.17) is 5.73 Å². The Kier molecular flexibility index (Phi) is 4.59. The van der Waals surface area contributed by atoms with Crippen molar-refractivity contribution in [3.63, 3.8) is 0 Å². The van der Waals surface area contributed by atoms with Crippen molar-refractivity contribution in [2.45, 2.75) is 6.42 Å². The van der Waals surface area contributed by atoms with Crippen LogP contribution in [0, 0.1) is 0 Å². The number of pyridine rings is 1. The maximum Gasteiger partial charge on any atom is 0.330 e. The molecule has 0 aliphatic heterocycles. The number of H-pyrrole nitrogens is 1. The summed E-state index contributed by atoms with van der Waals surface area (Å²) in [6.07, 6.45) is 0.386. The highest BCUT2D eigenvalue weighted by molar-refractivity contribution is 5.98. The van der Waals surface area contributed by atoms with E-state index in [0.29, 0.717) is 23.0 Å². The number of hydrogen-bond donors (Lipinski definition) is 4. The average Bonchev–Trinajstić information content (AvgIpc) is 3.20. The molecule has 0 spiro atoms. The van der Waals surface area contributed by atoms with Crippen LogP contribution in [0.15, 0.2) is 77.6 Å². The molecule has 2 aromatic heterocycles. The van der Waals surface area contributed by atoms with Crippen LogP contribution in [0.3, 0.4) is 0 Å². The van der Waals surface area contributed by atoms with Crippen LogP contribution in [-0.2, 0) is 6.42 Å². The molecule has 5 aromatic rings. The van der Waals surface area contributed by atoms with Crippen LogP contribution in [0.25, 0.3) is 27.5 Å². The number of rotatable bonds is 3. The van der Waals surface area contributed by atoms with Crippen LogP contribution >= 0.6 is 0 Å². The highest BCUT2D eigenvalue weighted by Crippen LogP contribution is 2.27. The fourth-order valence-corrected chi connectivity index (χ4v) is 4.13. The molecular formula is C24H19N5O3. The van der Waals surface area contributed by atoms with Crippen molar-refractivity contribution in [1.29, 1.82) is 0 Å². The van der Waals surface area contributed by atoms with Crippen molar-refractivity contribution in [2.75, 3.05) is 0 Å². The van der Waals surface area contributed by atoms with Gasteiger partial charge in [0.15, 0.2) is 0 Å². The number of nitrogens with one attached hydrogen (secondary N) is 3. The van der Waals surface area contributed by atoms with Crippen molar-refractivity contribution in [3.05, 3.63) is 99.8 Å². The lowest BCUT2D eigenvalue weighted by atomic mass is 9.96. The van der Waals surface area contributed by atoms with Crippen molar-refractivity contribution in [2.24, 2.45) is 5.73 Å². The summed E-state index contributed by atoms with van der Waals surface area (Å²) in [4.78, 5) is 40.3. The number of amides is 3. The molecule has 0 saturated heterocycles. The molecular weight excluding hydrogens is 406 g/mol. The third-order valence-electron chi connectivity index (χ3n) is 5.52. The van der Waals surface area contributed by atoms with E-state index in [9.17, 15) is 14.4 Å². The fourth-order valence-electron chi connectivity index (χ4n) is 4.13. The standard InChI is InChI=1S/C24H19N5O3/c25-24(32)28-27-22(30)15-8-2-1-7-14(15)13-18-16-9-3-4-10-17(16)23(31)29-20-12-6-5-11-19(20)26-21(18)29/h1-12,26H,13H2,(H,27,30)(H3,25,28,32). The van der Waals surface area contributed by atoms with Gasteiger partial charge in [0.1, 0.15) is 5.65 Å². The zero-order chi connectivity index (χ0) is 22.2. The Bertz CT molecular complexity index is 1580. The number of para-hydroxylation sites is 2. The van der Waals surface area contributed by atoms with Gasteiger partial charge >= 0.3 is 6.03 Å². The normalized spacial score (nSPS) is 11.1. The molecule has 8 heteroatoms. The highest BCUT2D eigenvalue weighted by atomic mass is 16.2. The number of urea groups is 1. The number of benzene rings is 3. The van der Waals surface area contributed by atoms with E-state index in [0.717, 1.165) is 27.5 Å². The van der Waals surface area contributed by atoms with Crippen LogP contribution in [0.1, 0.15) is 21.5 Å². The maximum atomic E-state index is 13.3. The number of primary amides is 1. The predicted molar refractivity (Wildman–Crippen MR) is 122 cm³/mol. The minimum absolute atomic E-state index is 0.103. The second-order valence-electron chi connectivity index (χ2n) is 7.43. The summed E-state index contributed by atoms with van der Waals surface area (Å²) < 4.78 is 1.68. The monoisotopic (exact) mass is 425 g/mol. The average molecular weight is 425 g/mol. The van der Waals surface area contributed by atoms with Crippen LogP contribution in [0.4, 0.5) is 4.79 Å². The van der Waals surface area contributed by atoms with E-state index in [2.05, 4.69) is 15.8 Å². The Morgan fingerprint density at radius 3 is 2.38 bits per heavy atom. The third-order valence-corrected chi connectivity index (χ3v) is 5.52. The fraction of sp³-hybridized carbons (Fsp3) is 0.0417. The van der Waals surface area contributed by atoms with E-state index in [1.54, 1.807) is 16.5 Å². The number of fused-ring (bicyclic) bond motifs is 4. The third kappa shape index (κ3) is 3.14. The van der Waals surface area contributed by atoms with E-state index in [1.807, 2.05) is 60.7 Å². The lowest BCUT2D eigenvalue weighted by Crippen LogP contribution is -2.44. The first kappa shape index (κ1) is 19.4. The molecule has 0 radical (unpaired) electrons. The molecule has 8 nitrogen and oxygen atoms in total. The summed E-state index contributed by atoms with van der Waals surface area (Å²) in [6, 6.07) is 21.3. The first-order valence-corrected chi connectivity index (χ1v) is 10.0. The van der Waals surface area contributed by atoms with E-state index >= 15 is 0 Å². The van der Waals surface area contributed by atoms with Gasteiger partial charge in [0.05, 0.1) is 11.0 Å². The lowest BCUT2D eigenvalue weighted by Gasteiger charge is -2.13. The Morgan fingerprint density at radius 2 is 1.56 bits per heavy atom. The summed E-state index contributed by atoms with van der Waals surface area (Å²) in [5, 5.41) is 1.41. The number of aromatic amines is 1. The number of carbonyl (C=O) groups is 2. The van der Waals surface area contributed by atoms with Gasteiger partial charge in [-0.3, -0.25) is 19.4 Å². The molecule has 0 saturated carbocycles. The van der Waals surface area contributed by atoms with Gasteiger partial charge in [0.25, 0.3) is 11.5 Å². The minimum atomic E-state index is -0.857. The molecule has 32 heavy (non-hydrogen) atoms. The van der Waals surface area contributed by atoms with Crippen LogP contribution in [0.2, 0.25) is 0 Å². The molecule has 0 fully saturated rings. The van der Waals surface area contributed by atoms with Crippen molar-refractivity contribution in [3.8, 4) is 0 Å². The van der Waals surface area contributed by atoms with E-state index < -0.39 is 11.9 Å². The Balaban J connectivity index is 1.74. The van der Waals surface area contributed by atoms with E-state index in [-0.39, 0.29) is 5.56 Å². The Labute approximate surface area is 181 Å². The molecule has 0 bridgehead atoms. The smallest absolute Gasteiger partial charge is 0.330 e. The van der Waals surface area contributed by atoms with Crippen LogP contribution in [-0.4, -0.2) is 21.3 Å². The van der Waals surface area contributed by atoms with Crippen molar-refractivity contribution >= 4 is 39.4 Å². The quantitative estimate of drug-likeness (QED) is 0.333. The first-order valence-electron chi connectivity index (χ1n) is 10.0. The molecule has 158 valence electrons. The first-order chi connectivity index (χ1) is 15.5.